The number of halogens is 1. The van der Waals surface area contributed by atoms with Crippen LogP contribution in [0.5, 0.6) is 11.5 Å². The SMILES string of the molecule is CCCOc1ccc(C2CC(=O)Nc3c2c(=O)nc(SCc2ccc(F)cc2)n3C)cc1OC. The summed E-state index contributed by atoms with van der Waals surface area (Å²) in [6, 6.07) is 11.7. The third-order valence-electron chi connectivity index (χ3n) is 5.63. The fraction of sp³-hybridized carbons (Fsp3) is 0.320. The molecule has 178 valence electrons. The van der Waals surface area contributed by atoms with E-state index in [1.54, 1.807) is 36.9 Å². The van der Waals surface area contributed by atoms with Gasteiger partial charge in [0.15, 0.2) is 16.7 Å². The number of fused-ring (bicyclic) bond motifs is 1. The summed E-state index contributed by atoms with van der Waals surface area (Å²) >= 11 is 1.35. The van der Waals surface area contributed by atoms with Gasteiger partial charge in [-0.25, -0.2) is 4.39 Å². The average molecular weight is 484 g/mol. The Hall–Kier alpha value is -3.33. The maximum Gasteiger partial charge on any atom is 0.279 e. The number of amides is 1. The Bertz CT molecular complexity index is 1260. The Morgan fingerprint density at radius 1 is 1.18 bits per heavy atom. The lowest BCUT2D eigenvalue weighted by Gasteiger charge is -2.28. The molecule has 1 aliphatic rings. The minimum atomic E-state index is -0.458. The molecule has 0 saturated carbocycles. The summed E-state index contributed by atoms with van der Waals surface area (Å²) in [7, 11) is 3.33. The van der Waals surface area contributed by atoms with Crippen LogP contribution in [0.1, 0.15) is 42.4 Å². The summed E-state index contributed by atoms with van der Waals surface area (Å²) in [5, 5.41) is 3.32. The predicted octanol–water partition coefficient (Wildman–Crippen LogP) is 4.48. The molecule has 1 unspecified atom stereocenters. The average Bonchev–Trinajstić information content (AvgIpc) is 2.84. The first-order valence-electron chi connectivity index (χ1n) is 11.0. The summed E-state index contributed by atoms with van der Waals surface area (Å²) < 4.78 is 26.1. The lowest BCUT2D eigenvalue weighted by atomic mass is 9.86. The number of carbonyl (C=O) groups excluding carboxylic acids is 1. The van der Waals surface area contributed by atoms with E-state index in [9.17, 15) is 14.0 Å². The van der Waals surface area contributed by atoms with Crippen molar-refractivity contribution in [2.45, 2.75) is 36.6 Å². The van der Waals surface area contributed by atoms with Crippen molar-refractivity contribution in [2.75, 3.05) is 19.0 Å². The molecule has 3 aromatic rings. The van der Waals surface area contributed by atoms with Gasteiger partial charge in [0.2, 0.25) is 5.91 Å². The van der Waals surface area contributed by atoms with Crippen molar-refractivity contribution >= 4 is 23.5 Å². The lowest BCUT2D eigenvalue weighted by Crippen LogP contribution is -2.33. The van der Waals surface area contributed by atoms with E-state index in [0.29, 0.717) is 40.4 Å². The molecule has 1 amide bonds. The fourth-order valence-corrected chi connectivity index (χ4v) is 4.83. The molecule has 1 aromatic heterocycles. The molecular formula is C25H26FN3O4S. The molecule has 1 aliphatic heterocycles. The van der Waals surface area contributed by atoms with Gasteiger partial charge in [0.25, 0.3) is 5.56 Å². The molecule has 2 aromatic carbocycles. The number of nitrogens with zero attached hydrogens (tertiary/aromatic N) is 2. The number of methoxy groups -OCH3 is 1. The molecule has 7 nitrogen and oxygen atoms in total. The van der Waals surface area contributed by atoms with Gasteiger partial charge in [0.05, 0.1) is 19.3 Å². The number of ether oxygens (including phenoxy) is 2. The van der Waals surface area contributed by atoms with Crippen LogP contribution in [0.15, 0.2) is 52.4 Å². The Labute approximate surface area is 201 Å². The molecule has 0 radical (unpaired) electrons. The topological polar surface area (TPSA) is 82.5 Å². The molecule has 34 heavy (non-hydrogen) atoms. The maximum absolute atomic E-state index is 13.2. The molecular weight excluding hydrogens is 457 g/mol. The van der Waals surface area contributed by atoms with Crippen molar-refractivity contribution in [1.82, 2.24) is 9.55 Å². The zero-order chi connectivity index (χ0) is 24.2. The first-order chi connectivity index (χ1) is 16.4. The molecule has 0 spiro atoms. The van der Waals surface area contributed by atoms with Crippen molar-refractivity contribution in [2.24, 2.45) is 7.05 Å². The highest BCUT2D eigenvalue weighted by atomic mass is 32.2. The molecule has 0 fully saturated rings. The highest BCUT2D eigenvalue weighted by Crippen LogP contribution is 2.39. The Balaban J connectivity index is 1.68. The van der Waals surface area contributed by atoms with Crippen molar-refractivity contribution < 1.29 is 18.7 Å². The molecule has 0 saturated heterocycles. The third kappa shape index (κ3) is 4.94. The van der Waals surface area contributed by atoms with E-state index in [4.69, 9.17) is 9.47 Å². The van der Waals surface area contributed by atoms with Crippen LogP contribution in [0.4, 0.5) is 10.2 Å². The van der Waals surface area contributed by atoms with Crippen molar-refractivity contribution in [1.29, 1.82) is 0 Å². The Morgan fingerprint density at radius 3 is 2.65 bits per heavy atom. The van der Waals surface area contributed by atoms with E-state index in [1.807, 2.05) is 19.1 Å². The van der Waals surface area contributed by atoms with Gasteiger partial charge in [-0.1, -0.05) is 36.9 Å². The van der Waals surface area contributed by atoms with Crippen molar-refractivity contribution in [3.8, 4) is 11.5 Å². The van der Waals surface area contributed by atoms with Crippen LogP contribution in [-0.4, -0.2) is 29.2 Å². The van der Waals surface area contributed by atoms with Crippen molar-refractivity contribution in [3.63, 3.8) is 0 Å². The van der Waals surface area contributed by atoms with Gasteiger partial charge in [-0.3, -0.25) is 9.59 Å². The number of benzene rings is 2. The number of rotatable bonds is 8. The number of nitrogens with one attached hydrogen (secondary N) is 1. The first kappa shape index (κ1) is 23.8. The summed E-state index contributed by atoms with van der Waals surface area (Å²) in [6.45, 7) is 2.58. The van der Waals surface area contributed by atoms with Crippen LogP contribution in [0.25, 0.3) is 0 Å². The number of aromatic nitrogens is 2. The second kappa shape index (κ2) is 10.3. The van der Waals surface area contributed by atoms with Gasteiger partial charge in [0, 0.05) is 25.1 Å². The van der Waals surface area contributed by atoms with Crippen LogP contribution < -0.4 is 20.3 Å². The molecule has 2 heterocycles. The summed E-state index contributed by atoms with van der Waals surface area (Å²) in [5.74, 6) is 1.17. The highest BCUT2D eigenvalue weighted by Gasteiger charge is 2.32. The van der Waals surface area contributed by atoms with Crippen molar-refractivity contribution in [3.05, 3.63) is 75.3 Å². The van der Waals surface area contributed by atoms with Gasteiger partial charge in [-0.2, -0.15) is 4.98 Å². The fourth-order valence-electron chi connectivity index (χ4n) is 3.91. The zero-order valence-corrected chi connectivity index (χ0v) is 20.1. The van der Waals surface area contributed by atoms with Gasteiger partial charge >= 0.3 is 0 Å². The lowest BCUT2D eigenvalue weighted by molar-refractivity contribution is -0.116. The van der Waals surface area contributed by atoms with Gasteiger partial charge in [-0.15, -0.1) is 0 Å². The Morgan fingerprint density at radius 2 is 1.94 bits per heavy atom. The van der Waals surface area contributed by atoms with E-state index >= 15 is 0 Å². The van der Waals surface area contributed by atoms with E-state index in [0.717, 1.165) is 17.5 Å². The number of carbonyl (C=O) groups is 1. The quantitative estimate of drug-likeness (QED) is 0.376. The molecule has 1 N–H and O–H groups in total. The van der Waals surface area contributed by atoms with Crippen LogP contribution in [0.2, 0.25) is 0 Å². The van der Waals surface area contributed by atoms with E-state index in [1.165, 1.54) is 23.9 Å². The van der Waals surface area contributed by atoms with E-state index in [-0.39, 0.29) is 23.7 Å². The monoisotopic (exact) mass is 483 g/mol. The van der Waals surface area contributed by atoms with Crippen LogP contribution in [0, 0.1) is 5.82 Å². The minimum absolute atomic E-state index is 0.129. The van der Waals surface area contributed by atoms with Crippen LogP contribution in [0.3, 0.4) is 0 Å². The maximum atomic E-state index is 13.2. The van der Waals surface area contributed by atoms with Gasteiger partial charge in [0.1, 0.15) is 11.6 Å². The highest BCUT2D eigenvalue weighted by molar-refractivity contribution is 7.98. The summed E-state index contributed by atoms with van der Waals surface area (Å²) in [6.07, 6.45) is 0.995. The summed E-state index contributed by atoms with van der Waals surface area (Å²) in [4.78, 5) is 30.1. The van der Waals surface area contributed by atoms with Crippen LogP contribution in [-0.2, 0) is 17.6 Å². The largest absolute Gasteiger partial charge is 0.493 e. The molecule has 1 atom stereocenters. The minimum Gasteiger partial charge on any atom is -0.493 e. The zero-order valence-electron chi connectivity index (χ0n) is 19.3. The number of anilines is 1. The van der Waals surface area contributed by atoms with Crippen LogP contribution >= 0.6 is 11.8 Å². The molecule has 0 aliphatic carbocycles. The van der Waals surface area contributed by atoms with Gasteiger partial charge in [-0.05, 0) is 41.8 Å². The second-order valence-electron chi connectivity index (χ2n) is 8.00. The second-order valence-corrected chi connectivity index (χ2v) is 8.94. The standard InChI is InChI=1S/C25H26FN3O4S/c1-4-11-33-19-10-7-16(12-20(19)32-3)18-13-21(30)27-23-22(18)24(31)28-25(29(23)2)34-14-15-5-8-17(26)9-6-15/h5-10,12,18H,4,11,13-14H2,1-3H3,(H,27,30). The number of hydrogen-bond donors (Lipinski definition) is 1. The molecule has 4 rings (SSSR count). The normalized spacial score (nSPS) is 14.9. The smallest absolute Gasteiger partial charge is 0.279 e. The van der Waals surface area contributed by atoms with E-state index < -0.39 is 5.92 Å². The first-order valence-corrected chi connectivity index (χ1v) is 12.0. The third-order valence-corrected chi connectivity index (χ3v) is 6.73. The number of thioether (sulfide) groups is 1. The van der Waals surface area contributed by atoms with Gasteiger partial charge < -0.3 is 19.4 Å². The summed E-state index contributed by atoms with van der Waals surface area (Å²) in [5.41, 5.74) is 1.74. The Kier molecular flexibility index (Phi) is 7.21. The van der Waals surface area contributed by atoms with E-state index in [2.05, 4.69) is 10.3 Å². The molecule has 9 heteroatoms. The molecule has 0 bridgehead atoms. The predicted molar refractivity (Wildman–Crippen MR) is 129 cm³/mol. The number of hydrogen-bond acceptors (Lipinski definition) is 6.